The van der Waals surface area contributed by atoms with Gasteiger partial charge in [-0.15, -0.1) is 0 Å². The Bertz CT molecular complexity index is 432. The summed E-state index contributed by atoms with van der Waals surface area (Å²) in [5, 5.41) is 12.4. The van der Waals surface area contributed by atoms with Gasteiger partial charge in [0.05, 0.1) is 18.7 Å². The highest BCUT2D eigenvalue weighted by atomic mass is 19.3. The molecule has 1 rings (SSSR count). The average Bonchev–Trinajstić information content (AvgIpc) is 2.57. The highest BCUT2D eigenvalue weighted by Gasteiger charge is 2.20. The van der Waals surface area contributed by atoms with Crippen LogP contribution in [0.5, 0.6) is 0 Å². The van der Waals surface area contributed by atoms with Crippen molar-refractivity contribution in [3.05, 3.63) is 17.0 Å². The van der Waals surface area contributed by atoms with E-state index in [1.165, 1.54) is 11.8 Å². The van der Waals surface area contributed by atoms with E-state index in [-0.39, 0.29) is 25.5 Å². The van der Waals surface area contributed by atoms with Gasteiger partial charge in [-0.1, -0.05) is 0 Å². The van der Waals surface area contributed by atoms with Crippen LogP contribution in [0.3, 0.4) is 0 Å². The fourth-order valence-corrected chi connectivity index (χ4v) is 1.70. The minimum atomic E-state index is -2.71. The van der Waals surface area contributed by atoms with Crippen LogP contribution in [0.25, 0.3) is 0 Å². The van der Waals surface area contributed by atoms with Crippen LogP contribution in [-0.4, -0.2) is 45.9 Å². The first kappa shape index (κ1) is 14.6. The topological polar surface area (TPSA) is 58.4 Å². The molecule has 0 saturated carbocycles. The molecule has 0 aliphatic rings. The molecule has 1 heterocycles. The summed E-state index contributed by atoms with van der Waals surface area (Å²) >= 11 is 0. The third-order valence-corrected chi connectivity index (χ3v) is 2.85. The van der Waals surface area contributed by atoms with Gasteiger partial charge in [0.25, 0.3) is 0 Å². The van der Waals surface area contributed by atoms with Gasteiger partial charge in [0.15, 0.2) is 0 Å². The molecule has 0 aliphatic heterocycles. The van der Waals surface area contributed by atoms with E-state index in [1.54, 1.807) is 14.0 Å². The first-order valence-corrected chi connectivity index (χ1v) is 5.56. The molecule has 7 heteroatoms. The molecule has 0 aromatic carbocycles. The standard InChI is InChI=1S/C11H17F2N3O2/c1-7-9(6-10(18)15(3)4-5-17)8(2)16(14-7)11(12)13/h11,17H,4-6H2,1-3H3. The van der Waals surface area contributed by atoms with E-state index >= 15 is 0 Å². The lowest BCUT2D eigenvalue weighted by atomic mass is 10.1. The summed E-state index contributed by atoms with van der Waals surface area (Å²) < 4.78 is 25.8. The number of nitrogens with zero attached hydrogens (tertiary/aromatic N) is 3. The highest BCUT2D eigenvalue weighted by Crippen LogP contribution is 2.20. The highest BCUT2D eigenvalue weighted by molar-refractivity contribution is 5.79. The van der Waals surface area contributed by atoms with Gasteiger partial charge in [-0.05, 0) is 13.8 Å². The number of carbonyl (C=O) groups excluding carboxylic acids is 1. The van der Waals surface area contributed by atoms with Crippen LogP contribution in [-0.2, 0) is 11.2 Å². The third kappa shape index (κ3) is 3.04. The number of aromatic nitrogens is 2. The Morgan fingerprint density at radius 2 is 2.11 bits per heavy atom. The van der Waals surface area contributed by atoms with Crippen molar-refractivity contribution in [3.63, 3.8) is 0 Å². The van der Waals surface area contributed by atoms with Crippen LogP contribution in [0.1, 0.15) is 23.5 Å². The van der Waals surface area contributed by atoms with E-state index in [4.69, 9.17) is 5.11 Å². The molecule has 0 bridgehead atoms. The molecule has 1 aromatic rings. The minimum Gasteiger partial charge on any atom is -0.395 e. The number of hydrogen-bond donors (Lipinski definition) is 1. The van der Waals surface area contributed by atoms with E-state index in [0.717, 1.165) is 0 Å². The third-order valence-electron chi connectivity index (χ3n) is 2.85. The Labute approximate surface area is 104 Å². The lowest BCUT2D eigenvalue weighted by Gasteiger charge is -2.15. The van der Waals surface area contributed by atoms with E-state index < -0.39 is 6.55 Å². The molecule has 0 unspecified atom stereocenters. The number of aliphatic hydroxyl groups is 1. The minimum absolute atomic E-state index is 0.0148. The summed E-state index contributed by atoms with van der Waals surface area (Å²) in [6.07, 6.45) is 0.0148. The van der Waals surface area contributed by atoms with Crippen LogP contribution in [0.2, 0.25) is 0 Å². The quantitative estimate of drug-likeness (QED) is 0.856. The first-order chi connectivity index (χ1) is 8.38. The van der Waals surface area contributed by atoms with Crippen molar-refractivity contribution < 1.29 is 18.7 Å². The molecular weight excluding hydrogens is 244 g/mol. The van der Waals surface area contributed by atoms with Crippen molar-refractivity contribution in [3.8, 4) is 0 Å². The second-order valence-electron chi connectivity index (χ2n) is 4.09. The molecule has 0 fully saturated rings. The number of rotatable bonds is 5. The molecule has 102 valence electrons. The molecule has 18 heavy (non-hydrogen) atoms. The Morgan fingerprint density at radius 3 is 2.56 bits per heavy atom. The van der Waals surface area contributed by atoms with E-state index in [9.17, 15) is 13.6 Å². The summed E-state index contributed by atoms with van der Waals surface area (Å²) in [6, 6.07) is 0. The number of aliphatic hydroxyl groups excluding tert-OH is 1. The van der Waals surface area contributed by atoms with Crippen molar-refractivity contribution >= 4 is 5.91 Å². The van der Waals surface area contributed by atoms with Gasteiger partial charge in [-0.2, -0.15) is 13.9 Å². The van der Waals surface area contributed by atoms with Crippen LogP contribution >= 0.6 is 0 Å². The second kappa shape index (κ2) is 5.90. The number of aryl methyl sites for hydroxylation is 1. The Kier molecular flexibility index (Phi) is 4.77. The maximum atomic E-state index is 12.6. The zero-order chi connectivity index (χ0) is 13.9. The average molecular weight is 261 g/mol. The predicted molar refractivity (Wildman–Crippen MR) is 61.4 cm³/mol. The van der Waals surface area contributed by atoms with Gasteiger partial charge < -0.3 is 10.0 Å². The summed E-state index contributed by atoms with van der Waals surface area (Å²) in [5.74, 6) is -0.232. The zero-order valence-electron chi connectivity index (χ0n) is 10.7. The van der Waals surface area contributed by atoms with E-state index in [0.29, 0.717) is 21.6 Å². The molecule has 1 N–H and O–H groups in total. The molecule has 0 radical (unpaired) electrons. The number of halogens is 2. The summed E-state index contributed by atoms with van der Waals surface area (Å²) in [6.45, 7) is 0.500. The maximum Gasteiger partial charge on any atom is 0.333 e. The molecule has 0 spiro atoms. The molecule has 5 nitrogen and oxygen atoms in total. The largest absolute Gasteiger partial charge is 0.395 e. The molecule has 0 atom stereocenters. The molecule has 0 aliphatic carbocycles. The van der Waals surface area contributed by atoms with Crippen molar-refractivity contribution in [2.75, 3.05) is 20.2 Å². The molecule has 0 saturated heterocycles. The van der Waals surface area contributed by atoms with E-state index in [2.05, 4.69) is 5.10 Å². The summed E-state index contributed by atoms with van der Waals surface area (Å²) in [4.78, 5) is 13.1. The maximum absolute atomic E-state index is 12.6. The van der Waals surface area contributed by atoms with Gasteiger partial charge in [0, 0.05) is 24.8 Å². The van der Waals surface area contributed by atoms with Gasteiger partial charge in [0.2, 0.25) is 5.91 Å². The number of likely N-dealkylation sites (N-methyl/N-ethyl adjacent to an activating group) is 1. The lowest BCUT2D eigenvalue weighted by molar-refractivity contribution is -0.129. The zero-order valence-corrected chi connectivity index (χ0v) is 10.7. The van der Waals surface area contributed by atoms with Crippen molar-refractivity contribution in [2.45, 2.75) is 26.8 Å². The molecule has 1 amide bonds. The molecular formula is C11H17F2N3O2. The number of hydrogen-bond acceptors (Lipinski definition) is 3. The monoisotopic (exact) mass is 261 g/mol. The molecule has 1 aromatic heterocycles. The SMILES string of the molecule is Cc1nn(C(F)F)c(C)c1CC(=O)N(C)CCO. The van der Waals surface area contributed by atoms with Crippen LogP contribution in [0.15, 0.2) is 0 Å². The van der Waals surface area contributed by atoms with Gasteiger partial charge >= 0.3 is 6.55 Å². The normalized spacial score (nSPS) is 11.1. The Balaban J connectivity index is 2.88. The smallest absolute Gasteiger partial charge is 0.333 e. The second-order valence-corrected chi connectivity index (χ2v) is 4.09. The Morgan fingerprint density at radius 1 is 1.50 bits per heavy atom. The van der Waals surface area contributed by atoms with Gasteiger partial charge in [-0.3, -0.25) is 4.79 Å². The number of carbonyl (C=O) groups is 1. The van der Waals surface area contributed by atoms with Crippen LogP contribution in [0, 0.1) is 13.8 Å². The fraction of sp³-hybridized carbons (Fsp3) is 0.636. The van der Waals surface area contributed by atoms with Crippen LogP contribution < -0.4 is 0 Å². The number of amides is 1. The summed E-state index contributed by atoms with van der Waals surface area (Å²) in [7, 11) is 1.56. The number of alkyl halides is 2. The fourth-order valence-electron chi connectivity index (χ4n) is 1.70. The van der Waals surface area contributed by atoms with Crippen molar-refractivity contribution in [2.24, 2.45) is 0 Å². The van der Waals surface area contributed by atoms with Crippen molar-refractivity contribution in [1.82, 2.24) is 14.7 Å². The van der Waals surface area contributed by atoms with Gasteiger partial charge in [0.1, 0.15) is 0 Å². The lowest BCUT2D eigenvalue weighted by Crippen LogP contribution is -2.31. The predicted octanol–water partition coefficient (Wildman–Crippen LogP) is 0.888. The van der Waals surface area contributed by atoms with Crippen molar-refractivity contribution in [1.29, 1.82) is 0 Å². The first-order valence-electron chi connectivity index (χ1n) is 5.56. The Hall–Kier alpha value is -1.50. The van der Waals surface area contributed by atoms with Gasteiger partial charge in [-0.25, -0.2) is 4.68 Å². The van der Waals surface area contributed by atoms with Crippen LogP contribution in [0.4, 0.5) is 8.78 Å². The summed E-state index contributed by atoms with van der Waals surface area (Å²) in [5.41, 5.74) is 1.25. The van der Waals surface area contributed by atoms with E-state index in [1.807, 2.05) is 0 Å².